The third-order valence-corrected chi connectivity index (χ3v) is 10.3. The number of ether oxygens (including phenoxy) is 3. The van der Waals surface area contributed by atoms with Gasteiger partial charge < -0.3 is 24.5 Å². The summed E-state index contributed by atoms with van der Waals surface area (Å²) in [5.74, 6) is 1.58. The molecule has 272 valence electrons. The molecule has 0 unspecified atom stereocenters. The van der Waals surface area contributed by atoms with E-state index < -0.39 is 11.2 Å². The first-order valence-corrected chi connectivity index (χ1v) is 18.4. The first-order valence-electron chi connectivity index (χ1n) is 18.4. The second-order valence-corrected chi connectivity index (χ2v) is 16.6. The number of rotatable bonds is 4. The summed E-state index contributed by atoms with van der Waals surface area (Å²) in [6.45, 7) is 13.8. The summed E-state index contributed by atoms with van der Waals surface area (Å²) in [4.78, 5) is 43.0. The summed E-state index contributed by atoms with van der Waals surface area (Å²) in [6.07, 6.45) is 4.74. The maximum atomic E-state index is 13.2. The number of nitrogens with zero attached hydrogens (tertiary/aromatic N) is 4. The van der Waals surface area contributed by atoms with Crippen molar-refractivity contribution >= 4 is 34.5 Å². The molecule has 4 aliphatic rings. The van der Waals surface area contributed by atoms with Crippen LogP contribution in [0.15, 0.2) is 65.8 Å². The summed E-state index contributed by atoms with van der Waals surface area (Å²) in [5.41, 5.74) is 4.67. The molecular weight excluding hydrogens is 656 g/mol. The smallest absolute Gasteiger partial charge is 0.410 e. The van der Waals surface area contributed by atoms with Gasteiger partial charge in [0.2, 0.25) is 0 Å². The SMILES string of the molecule is CC(C)(C)OC(=O)N1CCC[C@H]1C1=Nc2cc(-c3ccc4cc(-c5cnc([C@@H]6CCCN6C(=O)OC(C)(C)C)[nH]5)ccc4c3)ccc2C2(COC2)N1. The number of fused-ring (bicyclic) bond motifs is 3. The Kier molecular flexibility index (Phi) is 8.32. The molecule has 11 heteroatoms. The van der Waals surface area contributed by atoms with Gasteiger partial charge in [0.15, 0.2) is 0 Å². The Morgan fingerprint density at radius 3 is 2.00 bits per heavy atom. The maximum absolute atomic E-state index is 13.2. The molecular formula is C41H48N6O5. The number of benzene rings is 3. The zero-order valence-corrected chi connectivity index (χ0v) is 30.9. The Morgan fingerprint density at radius 2 is 1.37 bits per heavy atom. The van der Waals surface area contributed by atoms with Gasteiger partial charge in [-0.05, 0) is 107 Å². The third-order valence-electron chi connectivity index (χ3n) is 10.3. The molecule has 5 heterocycles. The van der Waals surface area contributed by atoms with Crippen molar-refractivity contribution in [3.63, 3.8) is 0 Å². The number of hydrogen-bond acceptors (Lipinski definition) is 8. The van der Waals surface area contributed by atoms with Crippen LogP contribution in [-0.2, 0) is 19.7 Å². The van der Waals surface area contributed by atoms with Crippen LogP contribution in [0, 0.1) is 0 Å². The second-order valence-electron chi connectivity index (χ2n) is 16.6. The number of amides is 2. The minimum absolute atomic E-state index is 0.131. The Hall–Kier alpha value is -4.90. The third kappa shape index (κ3) is 6.51. The predicted molar refractivity (Wildman–Crippen MR) is 201 cm³/mol. The summed E-state index contributed by atoms with van der Waals surface area (Å²) < 4.78 is 17.2. The van der Waals surface area contributed by atoms with Crippen LogP contribution in [-0.4, -0.2) is 81.3 Å². The lowest BCUT2D eigenvalue weighted by Gasteiger charge is -2.47. The van der Waals surface area contributed by atoms with Gasteiger partial charge in [0.05, 0.1) is 42.9 Å². The molecule has 2 atom stereocenters. The first kappa shape index (κ1) is 34.2. The monoisotopic (exact) mass is 704 g/mol. The highest BCUT2D eigenvalue weighted by Gasteiger charge is 2.48. The van der Waals surface area contributed by atoms with E-state index >= 15 is 0 Å². The zero-order valence-electron chi connectivity index (χ0n) is 30.9. The standard InChI is InChI=1S/C41H48N6O5/c1-39(2,3)51-37(48)46-17-7-9-33(46)35-42-22-32(44-35)29-14-13-25-19-26(11-12-27(25)20-29)28-15-16-30-31(21-28)43-36(45-41(30)23-50-24-41)34-10-8-18-47(34)38(49)52-40(4,5)6/h11-16,19-22,33-34H,7-10,17-18,23-24H2,1-6H3,(H,42,44)(H,43,45)/t33-,34-/m0/s1. The number of aromatic amines is 1. The van der Waals surface area contributed by atoms with E-state index in [1.165, 1.54) is 0 Å². The number of hydrogen-bond donors (Lipinski definition) is 2. The number of likely N-dealkylation sites (tertiary alicyclic amines) is 2. The van der Waals surface area contributed by atoms with Gasteiger partial charge in [-0.1, -0.05) is 36.4 Å². The molecule has 4 aliphatic heterocycles. The number of H-pyrrole nitrogens is 1. The molecule has 8 rings (SSSR count). The van der Waals surface area contributed by atoms with Crippen molar-refractivity contribution in [3.8, 4) is 22.4 Å². The minimum Gasteiger partial charge on any atom is -0.444 e. The predicted octanol–water partition coefficient (Wildman–Crippen LogP) is 8.23. The molecule has 2 N–H and O–H groups in total. The van der Waals surface area contributed by atoms with E-state index in [0.717, 1.165) is 81.8 Å². The molecule has 0 radical (unpaired) electrons. The highest BCUT2D eigenvalue weighted by molar-refractivity contribution is 5.96. The van der Waals surface area contributed by atoms with Gasteiger partial charge in [-0.25, -0.2) is 19.6 Å². The van der Waals surface area contributed by atoms with Crippen LogP contribution in [0.5, 0.6) is 0 Å². The van der Waals surface area contributed by atoms with Crippen LogP contribution in [0.25, 0.3) is 33.2 Å². The van der Waals surface area contributed by atoms with Gasteiger partial charge in [0, 0.05) is 24.2 Å². The van der Waals surface area contributed by atoms with Gasteiger partial charge in [-0.15, -0.1) is 0 Å². The fourth-order valence-electron chi connectivity index (χ4n) is 7.80. The lowest BCUT2D eigenvalue weighted by Crippen LogP contribution is -2.63. The van der Waals surface area contributed by atoms with E-state index in [9.17, 15) is 9.59 Å². The Labute approximate surface area is 304 Å². The average Bonchev–Trinajstić information content (AvgIpc) is 3.86. The van der Waals surface area contributed by atoms with Gasteiger partial charge in [0.25, 0.3) is 0 Å². The number of carbonyl (C=O) groups excluding carboxylic acids is 2. The maximum Gasteiger partial charge on any atom is 0.410 e. The number of aliphatic imine (C=N–C) groups is 1. The van der Waals surface area contributed by atoms with Gasteiger partial charge in [-0.2, -0.15) is 0 Å². The van der Waals surface area contributed by atoms with E-state index in [1.807, 2.05) is 52.6 Å². The van der Waals surface area contributed by atoms with Crippen molar-refractivity contribution < 1.29 is 23.8 Å². The van der Waals surface area contributed by atoms with Gasteiger partial charge in [0.1, 0.15) is 28.4 Å². The van der Waals surface area contributed by atoms with E-state index in [2.05, 4.69) is 64.9 Å². The van der Waals surface area contributed by atoms with Crippen molar-refractivity contribution in [1.82, 2.24) is 25.1 Å². The largest absolute Gasteiger partial charge is 0.444 e. The van der Waals surface area contributed by atoms with Crippen LogP contribution >= 0.6 is 0 Å². The fourth-order valence-corrected chi connectivity index (χ4v) is 7.80. The molecule has 0 saturated carbocycles. The topological polar surface area (TPSA) is 121 Å². The van der Waals surface area contributed by atoms with Crippen LogP contribution in [0.1, 0.15) is 84.7 Å². The van der Waals surface area contributed by atoms with E-state index in [4.69, 9.17) is 24.2 Å². The van der Waals surface area contributed by atoms with Crippen molar-refractivity contribution in [3.05, 3.63) is 72.2 Å². The van der Waals surface area contributed by atoms with Gasteiger partial charge >= 0.3 is 12.2 Å². The summed E-state index contributed by atoms with van der Waals surface area (Å²) >= 11 is 0. The second kappa shape index (κ2) is 12.6. The number of aromatic nitrogens is 2. The first-order chi connectivity index (χ1) is 24.8. The number of amidine groups is 1. The highest BCUT2D eigenvalue weighted by atomic mass is 16.6. The highest BCUT2D eigenvalue weighted by Crippen LogP contribution is 2.43. The van der Waals surface area contributed by atoms with Crippen molar-refractivity contribution in [2.24, 2.45) is 4.99 Å². The molecule has 3 saturated heterocycles. The van der Waals surface area contributed by atoms with Gasteiger partial charge in [-0.3, -0.25) is 9.80 Å². The lowest BCUT2D eigenvalue weighted by atomic mass is 9.83. The summed E-state index contributed by atoms with van der Waals surface area (Å²) in [6, 6.07) is 19.1. The molecule has 2 amide bonds. The molecule has 1 spiro atoms. The molecule has 4 aromatic rings. The van der Waals surface area contributed by atoms with Crippen molar-refractivity contribution in [2.45, 2.75) is 96.1 Å². The van der Waals surface area contributed by atoms with Crippen molar-refractivity contribution in [2.75, 3.05) is 26.3 Å². The van der Waals surface area contributed by atoms with E-state index in [-0.39, 0.29) is 29.8 Å². The molecule has 3 fully saturated rings. The van der Waals surface area contributed by atoms with Crippen LogP contribution in [0.3, 0.4) is 0 Å². The Morgan fingerprint density at radius 1 is 0.788 bits per heavy atom. The molecule has 0 bridgehead atoms. The zero-order chi connectivity index (χ0) is 36.4. The van der Waals surface area contributed by atoms with Crippen molar-refractivity contribution in [1.29, 1.82) is 0 Å². The number of imidazole rings is 1. The van der Waals surface area contributed by atoms with Crippen LogP contribution in [0.4, 0.5) is 15.3 Å². The quantitative estimate of drug-likeness (QED) is 0.220. The molecule has 11 nitrogen and oxygen atoms in total. The molecule has 52 heavy (non-hydrogen) atoms. The van der Waals surface area contributed by atoms with Crippen LogP contribution in [0.2, 0.25) is 0 Å². The lowest BCUT2D eigenvalue weighted by molar-refractivity contribution is -0.0698. The summed E-state index contributed by atoms with van der Waals surface area (Å²) in [5, 5.41) is 5.93. The Balaban J connectivity index is 1.04. The van der Waals surface area contributed by atoms with E-state index in [0.29, 0.717) is 26.3 Å². The summed E-state index contributed by atoms with van der Waals surface area (Å²) in [7, 11) is 0. The van der Waals surface area contributed by atoms with Crippen LogP contribution < -0.4 is 5.32 Å². The number of nitrogens with one attached hydrogen (secondary N) is 2. The molecule has 0 aliphatic carbocycles. The Bertz CT molecular complexity index is 2070. The molecule has 1 aromatic heterocycles. The fraction of sp³-hybridized carbons (Fsp3) is 0.463. The average molecular weight is 705 g/mol. The number of carbonyl (C=O) groups is 2. The normalized spacial score (nSPS) is 21.1. The molecule has 3 aromatic carbocycles. The van der Waals surface area contributed by atoms with E-state index in [1.54, 1.807) is 4.90 Å². The minimum atomic E-state index is -0.567.